The van der Waals surface area contributed by atoms with E-state index in [1.54, 1.807) is 0 Å². The van der Waals surface area contributed by atoms with Crippen LogP contribution in [0.5, 0.6) is 0 Å². The molecule has 2 saturated heterocycles. The minimum absolute atomic E-state index is 0.610. The summed E-state index contributed by atoms with van der Waals surface area (Å²) in [5, 5.41) is 16.0. The topological polar surface area (TPSA) is 124 Å². The van der Waals surface area contributed by atoms with Crippen molar-refractivity contribution in [1.82, 2.24) is 19.8 Å². The fraction of sp³-hybridized carbons (Fsp3) is 0.480. The number of aliphatic carboxylic acids is 2. The number of rotatable bonds is 6. The van der Waals surface area contributed by atoms with E-state index in [0.29, 0.717) is 12.1 Å². The van der Waals surface area contributed by atoms with E-state index in [1.165, 1.54) is 49.9 Å². The van der Waals surface area contributed by atoms with E-state index in [9.17, 15) is 14.4 Å². The average molecular weight is 471 g/mol. The van der Waals surface area contributed by atoms with Crippen LogP contribution in [-0.2, 0) is 14.4 Å². The lowest BCUT2D eigenvalue weighted by Gasteiger charge is -2.18. The van der Waals surface area contributed by atoms with Gasteiger partial charge in [-0.05, 0) is 76.1 Å². The molecule has 9 nitrogen and oxygen atoms in total. The molecule has 4 rings (SSSR count). The largest absolute Gasteiger partial charge is 0.481 e. The summed E-state index contributed by atoms with van der Waals surface area (Å²) in [6.07, 6.45) is 11.4. The minimum atomic E-state index is -1.30. The molecule has 0 spiro atoms. The Morgan fingerprint density at radius 2 is 1.24 bits per heavy atom. The highest BCUT2D eigenvalue weighted by Crippen LogP contribution is 2.30. The Balaban J connectivity index is 0.000000182. The summed E-state index contributed by atoms with van der Waals surface area (Å²) < 4.78 is 0. The number of hydrogen-bond acceptors (Lipinski definition) is 7. The zero-order valence-corrected chi connectivity index (χ0v) is 19.8. The molecule has 0 bridgehead atoms. The molecule has 2 unspecified atom stereocenters. The molecule has 0 saturated carbocycles. The lowest BCUT2D eigenvalue weighted by Crippen LogP contribution is -2.17. The van der Waals surface area contributed by atoms with Crippen molar-refractivity contribution in [2.24, 2.45) is 0 Å². The number of carbonyl (C=O) groups is 3. The van der Waals surface area contributed by atoms with Crippen molar-refractivity contribution in [3.63, 3.8) is 0 Å². The summed E-state index contributed by atoms with van der Waals surface area (Å²) in [4.78, 5) is 42.9. The average Bonchev–Trinajstić information content (AvgIpc) is 3.43. The molecule has 34 heavy (non-hydrogen) atoms. The summed E-state index contributed by atoms with van der Waals surface area (Å²) in [6, 6.07) is 9.58. The van der Waals surface area contributed by atoms with E-state index in [1.807, 2.05) is 36.9 Å². The molecule has 2 aromatic rings. The molecule has 2 fully saturated rings. The predicted molar refractivity (Wildman–Crippen MR) is 127 cm³/mol. The zero-order chi connectivity index (χ0) is 24.9. The summed E-state index contributed by atoms with van der Waals surface area (Å²) in [5.41, 5.74) is 2.72. The smallest absolute Gasteiger partial charge is 0.310 e. The fourth-order valence-corrected chi connectivity index (χ4v) is 4.21. The Kier molecular flexibility index (Phi) is 11.3. The van der Waals surface area contributed by atoms with Crippen molar-refractivity contribution < 1.29 is 24.6 Å². The van der Waals surface area contributed by atoms with E-state index >= 15 is 0 Å². The van der Waals surface area contributed by atoms with Crippen LogP contribution >= 0.6 is 0 Å². The molecule has 9 heteroatoms. The van der Waals surface area contributed by atoms with Crippen LogP contribution in [0.4, 0.5) is 0 Å². The Morgan fingerprint density at radius 3 is 1.50 bits per heavy atom. The number of ketones is 1. The van der Waals surface area contributed by atoms with Gasteiger partial charge in [0.25, 0.3) is 0 Å². The molecule has 184 valence electrons. The van der Waals surface area contributed by atoms with Crippen LogP contribution in [0.15, 0.2) is 49.1 Å². The maximum absolute atomic E-state index is 10.3. The van der Waals surface area contributed by atoms with Gasteiger partial charge in [-0.3, -0.25) is 34.2 Å². The van der Waals surface area contributed by atoms with E-state index < -0.39 is 30.6 Å². The lowest BCUT2D eigenvalue weighted by atomic mass is 10.1. The first-order chi connectivity index (χ1) is 16.3. The molecular weight excluding hydrogens is 436 g/mol. The van der Waals surface area contributed by atoms with Crippen LogP contribution in [-0.4, -0.2) is 74.9 Å². The van der Waals surface area contributed by atoms with Gasteiger partial charge in [0.1, 0.15) is 12.8 Å². The van der Waals surface area contributed by atoms with Gasteiger partial charge in [-0.2, -0.15) is 0 Å². The maximum Gasteiger partial charge on any atom is 0.310 e. The van der Waals surface area contributed by atoms with Gasteiger partial charge in [-0.1, -0.05) is 12.1 Å². The number of pyridine rings is 2. The van der Waals surface area contributed by atoms with Crippen molar-refractivity contribution in [2.45, 2.75) is 50.6 Å². The van der Waals surface area contributed by atoms with Crippen LogP contribution in [0.2, 0.25) is 0 Å². The predicted octanol–water partition coefficient (Wildman–Crippen LogP) is 3.20. The Hall–Kier alpha value is -3.17. The maximum atomic E-state index is 10.3. The Morgan fingerprint density at radius 1 is 0.824 bits per heavy atom. The first kappa shape index (κ1) is 27.1. The first-order valence-electron chi connectivity index (χ1n) is 11.4. The highest BCUT2D eigenvalue weighted by atomic mass is 16.4. The molecule has 0 amide bonds. The van der Waals surface area contributed by atoms with Gasteiger partial charge in [-0.25, -0.2) is 0 Å². The molecule has 0 aliphatic carbocycles. The van der Waals surface area contributed by atoms with Crippen LogP contribution in [0, 0.1) is 0 Å². The zero-order valence-electron chi connectivity index (χ0n) is 19.8. The highest BCUT2D eigenvalue weighted by molar-refractivity contribution is 6.02. The number of hydrogen-bond donors (Lipinski definition) is 2. The molecule has 0 radical (unpaired) electrons. The van der Waals surface area contributed by atoms with Crippen LogP contribution in [0.1, 0.15) is 61.7 Å². The highest BCUT2D eigenvalue weighted by Gasteiger charge is 2.22. The van der Waals surface area contributed by atoms with Gasteiger partial charge in [0, 0.05) is 36.9 Å². The van der Waals surface area contributed by atoms with Gasteiger partial charge in [0.05, 0.1) is 0 Å². The molecule has 2 atom stereocenters. The molecule has 0 aromatic carbocycles. The second-order valence-electron chi connectivity index (χ2n) is 8.53. The summed E-state index contributed by atoms with van der Waals surface area (Å²) in [6.45, 7) is 2.44. The second-order valence-corrected chi connectivity index (χ2v) is 8.53. The number of likely N-dealkylation sites (tertiary alicyclic amines) is 2. The van der Waals surface area contributed by atoms with Crippen molar-refractivity contribution in [3.8, 4) is 0 Å². The van der Waals surface area contributed by atoms with Gasteiger partial charge < -0.3 is 10.2 Å². The number of carboxylic acids is 2. The lowest BCUT2D eigenvalue weighted by molar-refractivity contribution is -0.143. The number of nitrogens with zero attached hydrogens (tertiary/aromatic N) is 4. The van der Waals surface area contributed by atoms with Gasteiger partial charge in [0.2, 0.25) is 0 Å². The number of Topliss-reactive ketones (excluding diaryl/α,β-unsaturated/α-hetero) is 1. The van der Waals surface area contributed by atoms with E-state index in [0.717, 1.165) is 0 Å². The Labute approximate surface area is 200 Å². The molecule has 2 N–H and O–H groups in total. The standard InChI is InChI=1S/2C10H14N2.C5H6O5/c2*1-12-7-3-5-10(12)9-4-2-6-11-8-9;6-3(1-4(7)8)2-5(9)10/h2*2,4,6,8,10H,3,5,7H2,1H3;1-2H2,(H,7,8)(H,9,10). The molecule has 2 aromatic heterocycles. The molecule has 2 aliphatic rings. The minimum Gasteiger partial charge on any atom is -0.481 e. The number of aromatic nitrogens is 2. The SMILES string of the molecule is CN1CCCC1c1cccnc1.CN1CCCC1c1cccnc1.O=C(O)CC(=O)CC(=O)O. The van der Waals surface area contributed by atoms with Gasteiger partial charge in [-0.15, -0.1) is 0 Å². The summed E-state index contributed by atoms with van der Waals surface area (Å²) >= 11 is 0. The van der Waals surface area contributed by atoms with Gasteiger partial charge in [0.15, 0.2) is 5.78 Å². The second kappa shape index (κ2) is 14.2. The van der Waals surface area contributed by atoms with E-state index in [-0.39, 0.29) is 0 Å². The quantitative estimate of drug-likeness (QED) is 0.612. The van der Waals surface area contributed by atoms with Gasteiger partial charge >= 0.3 is 11.9 Å². The van der Waals surface area contributed by atoms with Crippen LogP contribution < -0.4 is 0 Å². The molecular formula is C25H34N4O5. The van der Waals surface area contributed by atoms with Crippen molar-refractivity contribution in [2.75, 3.05) is 27.2 Å². The first-order valence-corrected chi connectivity index (χ1v) is 11.4. The van der Waals surface area contributed by atoms with Crippen LogP contribution in [0.25, 0.3) is 0 Å². The monoisotopic (exact) mass is 470 g/mol. The third-order valence-corrected chi connectivity index (χ3v) is 5.88. The molecule has 4 heterocycles. The van der Waals surface area contributed by atoms with Crippen molar-refractivity contribution >= 4 is 17.7 Å². The third kappa shape index (κ3) is 9.36. The van der Waals surface area contributed by atoms with Crippen molar-refractivity contribution in [3.05, 3.63) is 60.2 Å². The summed E-state index contributed by atoms with van der Waals surface area (Å²) in [5.74, 6) is -3.39. The fourth-order valence-electron chi connectivity index (χ4n) is 4.21. The number of carbonyl (C=O) groups excluding carboxylic acids is 1. The normalized spacial score (nSPS) is 19.9. The number of carboxylic acid groups (broad SMARTS) is 2. The third-order valence-electron chi connectivity index (χ3n) is 5.88. The summed E-state index contributed by atoms with van der Waals surface area (Å²) in [7, 11) is 4.37. The van der Waals surface area contributed by atoms with E-state index in [2.05, 4.69) is 46.0 Å². The van der Waals surface area contributed by atoms with Crippen molar-refractivity contribution in [1.29, 1.82) is 0 Å². The van der Waals surface area contributed by atoms with Crippen LogP contribution in [0.3, 0.4) is 0 Å². The molecule has 2 aliphatic heterocycles. The van der Waals surface area contributed by atoms with E-state index in [4.69, 9.17) is 10.2 Å². The Bertz CT molecular complexity index is 837.